The van der Waals surface area contributed by atoms with E-state index in [4.69, 9.17) is 4.74 Å². The van der Waals surface area contributed by atoms with E-state index >= 15 is 0 Å². The van der Waals surface area contributed by atoms with E-state index in [-0.39, 0.29) is 24.2 Å². The van der Waals surface area contributed by atoms with Gasteiger partial charge in [0.15, 0.2) is 6.61 Å². The number of aromatic amines is 1. The van der Waals surface area contributed by atoms with Crippen LogP contribution in [-0.4, -0.2) is 41.4 Å². The van der Waals surface area contributed by atoms with Gasteiger partial charge in [-0.05, 0) is 48.4 Å². The molecule has 0 fully saturated rings. The van der Waals surface area contributed by atoms with Crippen LogP contribution in [-0.2, 0) is 4.79 Å². The molecule has 5 rings (SSSR count). The van der Waals surface area contributed by atoms with Crippen molar-refractivity contribution in [1.29, 1.82) is 0 Å². The summed E-state index contributed by atoms with van der Waals surface area (Å²) in [6, 6.07) is 9.78. The molecule has 29 heavy (non-hydrogen) atoms. The summed E-state index contributed by atoms with van der Waals surface area (Å²) in [6.45, 7) is 1.04. The van der Waals surface area contributed by atoms with Crippen LogP contribution in [0.4, 0.5) is 10.1 Å². The first kappa shape index (κ1) is 17.5. The van der Waals surface area contributed by atoms with Crippen molar-refractivity contribution < 1.29 is 18.7 Å². The summed E-state index contributed by atoms with van der Waals surface area (Å²) in [6.07, 6.45) is 4.65. The highest BCUT2D eigenvalue weighted by atomic mass is 19.1. The van der Waals surface area contributed by atoms with E-state index in [1.54, 1.807) is 29.2 Å². The zero-order chi connectivity index (χ0) is 20.0. The second-order valence-electron chi connectivity index (χ2n) is 7.17. The Hall–Kier alpha value is -3.61. The minimum Gasteiger partial charge on any atom is -0.482 e. The zero-order valence-electron chi connectivity index (χ0n) is 15.5. The Balaban J connectivity index is 1.35. The van der Waals surface area contributed by atoms with E-state index in [0.29, 0.717) is 36.5 Å². The molecular formula is C22H18FN3O3. The number of ether oxygens (including phenoxy) is 1. The molecule has 0 radical (unpaired) electrons. The SMILES string of the molecule is O=C1COc2cc(C(=O)N3CC=C(c4c[nH]c5cc(F)ccc45)CC3)ccc2N1. The molecule has 146 valence electrons. The minimum absolute atomic E-state index is 0.0467. The van der Waals surface area contributed by atoms with Crippen LogP contribution >= 0.6 is 0 Å². The average Bonchev–Trinajstić information content (AvgIpc) is 3.16. The van der Waals surface area contributed by atoms with Gasteiger partial charge in [0, 0.05) is 41.3 Å². The van der Waals surface area contributed by atoms with Crippen LogP contribution in [0.15, 0.2) is 48.7 Å². The predicted octanol–water partition coefficient (Wildman–Crippen LogP) is 3.57. The Morgan fingerprint density at radius 3 is 2.90 bits per heavy atom. The van der Waals surface area contributed by atoms with Gasteiger partial charge in [-0.25, -0.2) is 4.39 Å². The van der Waals surface area contributed by atoms with Gasteiger partial charge in [-0.2, -0.15) is 0 Å². The Morgan fingerprint density at radius 1 is 1.17 bits per heavy atom. The van der Waals surface area contributed by atoms with E-state index in [1.165, 1.54) is 12.1 Å². The van der Waals surface area contributed by atoms with Crippen molar-refractivity contribution in [2.45, 2.75) is 6.42 Å². The van der Waals surface area contributed by atoms with Crippen LogP contribution in [0, 0.1) is 5.82 Å². The molecule has 3 aromatic rings. The van der Waals surface area contributed by atoms with Gasteiger partial charge in [0.05, 0.1) is 5.69 Å². The van der Waals surface area contributed by atoms with Gasteiger partial charge < -0.3 is 19.9 Å². The van der Waals surface area contributed by atoms with Crippen LogP contribution in [0.2, 0.25) is 0 Å². The molecule has 0 aliphatic carbocycles. The monoisotopic (exact) mass is 391 g/mol. The molecule has 2 aliphatic heterocycles. The normalized spacial score (nSPS) is 16.1. The van der Waals surface area contributed by atoms with Crippen LogP contribution < -0.4 is 10.1 Å². The quantitative estimate of drug-likeness (QED) is 0.701. The Morgan fingerprint density at radius 2 is 2.07 bits per heavy atom. The number of carbonyl (C=O) groups is 2. The number of H-pyrrole nitrogens is 1. The molecule has 2 N–H and O–H groups in total. The third-order valence-electron chi connectivity index (χ3n) is 5.35. The first-order valence-electron chi connectivity index (χ1n) is 9.40. The maximum atomic E-state index is 13.4. The second kappa shape index (κ2) is 6.77. The van der Waals surface area contributed by atoms with Gasteiger partial charge in [0.25, 0.3) is 11.8 Å². The van der Waals surface area contributed by atoms with Crippen molar-refractivity contribution in [3.05, 3.63) is 65.6 Å². The molecule has 0 atom stereocenters. The lowest BCUT2D eigenvalue weighted by molar-refractivity contribution is -0.118. The number of nitrogens with zero attached hydrogens (tertiary/aromatic N) is 1. The lowest BCUT2D eigenvalue weighted by Gasteiger charge is -2.27. The summed E-state index contributed by atoms with van der Waals surface area (Å²) in [4.78, 5) is 29.2. The maximum absolute atomic E-state index is 13.4. The van der Waals surface area contributed by atoms with Crippen LogP contribution in [0.25, 0.3) is 16.5 Å². The average molecular weight is 391 g/mol. The van der Waals surface area contributed by atoms with Crippen molar-refractivity contribution in [3.8, 4) is 5.75 Å². The highest BCUT2D eigenvalue weighted by Gasteiger charge is 2.23. The number of rotatable bonds is 2. The number of nitrogens with one attached hydrogen (secondary N) is 2. The van der Waals surface area contributed by atoms with Gasteiger partial charge in [0.1, 0.15) is 11.6 Å². The van der Waals surface area contributed by atoms with Crippen molar-refractivity contribution in [3.63, 3.8) is 0 Å². The number of carbonyl (C=O) groups excluding carboxylic acids is 2. The van der Waals surface area contributed by atoms with Gasteiger partial charge in [-0.1, -0.05) is 6.08 Å². The van der Waals surface area contributed by atoms with E-state index < -0.39 is 0 Å². The first-order chi connectivity index (χ1) is 14.1. The molecule has 0 saturated carbocycles. The number of hydrogen-bond acceptors (Lipinski definition) is 3. The van der Waals surface area contributed by atoms with E-state index in [1.807, 2.05) is 12.3 Å². The fourth-order valence-corrected chi connectivity index (χ4v) is 3.85. The van der Waals surface area contributed by atoms with Gasteiger partial charge in [-0.3, -0.25) is 9.59 Å². The third-order valence-corrected chi connectivity index (χ3v) is 5.35. The number of anilines is 1. The smallest absolute Gasteiger partial charge is 0.262 e. The lowest BCUT2D eigenvalue weighted by Crippen LogP contribution is -2.34. The Labute approximate surface area is 166 Å². The molecular weight excluding hydrogens is 373 g/mol. The number of hydrogen-bond donors (Lipinski definition) is 2. The summed E-state index contributed by atoms with van der Waals surface area (Å²) >= 11 is 0. The van der Waals surface area contributed by atoms with Crippen molar-refractivity contribution in [2.24, 2.45) is 0 Å². The highest BCUT2D eigenvalue weighted by molar-refractivity contribution is 5.99. The number of aromatic nitrogens is 1. The Kier molecular flexibility index (Phi) is 4.08. The molecule has 7 heteroatoms. The predicted molar refractivity (Wildman–Crippen MR) is 107 cm³/mol. The van der Waals surface area contributed by atoms with E-state index in [9.17, 15) is 14.0 Å². The fourth-order valence-electron chi connectivity index (χ4n) is 3.85. The topological polar surface area (TPSA) is 74.4 Å². The largest absolute Gasteiger partial charge is 0.482 e. The number of fused-ring (bicyclic) bond motifs is 2. The van der Waals surface area contributed by atoms with Gasteiger partial charge in [-0.15, -0.1) is 0 Å². The summed E-state index contributed by atoms with van der Waals surface area (Å²) < 4.78 is 18.8. The van der Waals surface area contributed by atoms with Crippen LogP contribution in [0.3, 0.4) is 0 Å². The molecule has 2 aliphatic rings. The van der Waals surface area contributed by atoms with Gasteiger partial charge >= 0.3 is 0 Å². The molecule has 0 saturated heterocycles. The minimum atomic E-state index is -0.270. The van der Waals surface area contributed by atoms with Gasteiger partial charge in [0.2, 0.25) is 0 Å². The molecule has 2 amide bonds. The fraction of sp³-hybridized carbons (Fsp3) is 0.182. The molecule has 0 spiro atoms. The zero-order valence-corrected chi connectivity index (χ0v) is 15.5. The summed E-state index contributed by atoms with van der Waals surface area (Å²) in [5, 5.41) is 3.70. The second-order valence-corrected chi connectivity index (χ2v) is 7.17. The van der Waals surface area contributed by atoms with Crippen molar-refractivity contribution >= 4 is 34.0 Å². The van der Waals surface area contributed by atoms with Crippen molar-refractivity contribution in [2.75, 3.05) is 25.0 Å². The molecule has 1 aromatic heterocycles. The summed E-state index contributed by atoms with van der Waals surface area (Å²) in [7, 11) is 0. The molecule has 6 nitrogen and oxygen atoms in total. The standard InChI is InChI=1S/C22H18FN3O3/c23-15-2-3-16-17(11-24-19(16)10-15)13-5-7-26(8-6-13)22(28)14-1-4-18-20(9-14)29-12-21(27)25-18/h1-5,9-11,24H,6-8,12H2,(H,25,27). The van der Waals surface area contributed by atoms with Crippen LogP contribution in [0.1, 0.15) is 22.3 Å². The number of amides is 2. The molecule has 0 unspecified atom stereocenters. The summed E-state index contributed by atoms with van der Waals surface area (Å²) in [5.74, 6) is -0.0431. The maximum Gasteiger partial charge on any atom is 0.262 e. The first-order valence-corrected chi connectivity index (χ1v) is 9.40. The Bertz CT molecular complexity index is 1180. The van der Waals surface area contributed by atoms with E-state index in [2.05, 4.69) is 10.3 Å². The van der Waals surface area contributed by atoms with Crippen LogP contribution in [0.5, 0.6) is 5.75 Å². The molecule has 3 heterocycles. The highest BCUT2D eigenvalue weighted by Crippen LogP contribution is 2.32. The number of halogens is 1. The molecule has 2 aromatic carbocycles. The third kappa shape index (κ3) is 3.14. The molecule has 0 bridgehead atoms. The van der Waals surface area contributed by atoms with Crippen molar-refractivity contribution in [1.82, 2.24) is 9.88 Å². The summed E-state index contributed by atoms with van der Waals surface area (Å²) in [5.41, 5.74) is 4.06. The lowest BCUT2D eigenvalue weighted by atomic mass is 9.98. The number of benzene rings is 2. The van der Waals surface area contributed by atoms with E-state index in [0.717, 1.165) is 22.0 Å².